The number of rotatable bonds is 5. The van der Waals surface area contributed by atoms with Crippen LogP contribution in [-0.4, -0.2) is 36.6 Å². The van der Waals surface area contributed by atoms with Crippen molar-refractivity contribution in [3.05, 3.63) is 0 Å². The third-order valence-corrected chi connectivity index (χ3v) is 4.50. The molecule has 0 spiro atoms. The minimum Gasteiger partial charge on any atom is -0.461 e. The van der Waals surface area contributed by atoms with Gasteiger partial charge in [0.25, 0.3) is 0 Å². The van der Waals surface area contributed by atoms with Gasteiger partial charge in [-0.05, 0) is 51.5 Å². The fourth-order valence-electron chi connectivity index (χ4n) is 2.84. The fraction of sp³-hybridized carbons (Fsp3) is 0.938. The number of esters is 1. The first-order valence-electron chi connectivity index (χ1n) is 7.71. The summed E-state index contributed by atoms with van der Waals surface area (Å²) in [6.45, 7) is 11.3. The van der Waals surface area contributed by atoms with E-state index in [1.54, 1.807) is 0 Å². The van der Waals surface area contributed by atoms with Crippen molar-refractivity contribution in [3.8, 4) is 0 Å². The van der Waals surface area contributed by atoms with Gasteiger partial charge in [0.05, 0.1) is 6.54 Å². The lowest BCUT2D eigenvalue weighted by molar-refractivity contribution is -0.157. The largest absolute Gasteiger partial charge is 0.461 e. The SMILES string of the molecule is CC(C)[C@@H]1CC[C@@H](C)C[C@H]1OC(=O)CN(C)C(C)C. The van der Waals surface area contributed by atoms with Gasteiger partial charge in [-0.2, -0.15) is 0 Å². The van der Waals surface area contributed by atoms with Gasteiger partial charge in [0.2, 0.25) is 0 Å². The van der Waals surface area contributed by atoms with Crippen LogP contribution < -0.4 is 0 Å². The number of hydrogen-bond acceptors (Lipinski definition) is 3. The van der Waals surface area contributed by atoms with E-state index in [-0.39, 0.29) is 12.1 Å². The number of carbonyl (C=O) groups is 1. The van der Waals surface area contributed by atoms with Crippen LogP contribution in [-0.2, 0) is 9.53 Å². The van der Waals surface area contributed by atoms with Gasteiger partial charge < -0.3 is 4.74 Å². The third kappa shape index (κ3) is 5.13. The van der Waals surface area contributed by atoms with E-state index in [1.165, 1.54) is 12.8 Å². The molecule has 0 N–H and O–H groups in total. The predicted octanol–water partition coefficient (Wildman–Crippen LogP) is 3.33. The summed E-state index contributed by atoms with van der Waals surface area (Å²) in [5, 5.41) is 0. The van der Waals surface area contributed by atoms with Gasteiger partial charge in [-0.15, -0.1) is 0 Å². The molecule has 112 valence electrons. The summed E-state index contributed by atoms with van der Waals surface area (Å²) in [6.07, 6.45) is 3.61. The summed E-state index contributed by atoms with van der Waals surface area (Å²) in [5.41, 5.74) is 0. The average Bonchev–Trinajstić information content (AvgIpc) is 2.27. The summed E-state index contributed by atoms with van der Waals surface area (Å²) < 4.78 is 5.78. The van der Waals surface area contributed by atoms with Crippen molar-refractivity contribution in [2.75, 3.05) is 13.6 Å². The molecule has 0 radical (unpaired) electrons. The Bertz CT molecular complexity index is 288. The number of ether oxygens (including phenoxy) is 1. The highest BCUT2D eigenvalue weighted by Crippen LogP contribution is 2.35. The Morgan fingerprint density at radius 1 is 1.26 bits per heavy atom. The van der Waals surface area contributed by atoms with Gasteiger partial charge in [-0.25, -0.2) is 0 Å². The molecule has 3 nitrogen and oxygen atoms in total. The maximum Gasteiger partial charge on any atom is 0.320 e. The molecule has 1 fully saturated rings. The van der Waals surface area contributed by atoms with Crippen LogP contribution in [0.4, 0.5) is 0 Å². The van der Waals surface area contributed by atoms with E-state index in [1.807, 2.05) is 11.9 Å². The molecule has 1 rings (SSSR count). The number of carbonyl (C=O) groups excluding carboxylic acids is 1. The average molecular weight is 269 g/mol. The normalized spacial score (nSPS) is 28.2. The maximum absolute atomic E-state index is 12.0. The van der Waals surface area contributed by atoms with E-state index in [4.69, 9.17) is 4.74 Å². The van der Waals surface area contributed by atoms with Crippen LogP contribution in [0, 0.1) is 17.8 Å². The van der Waals surface area contributed by atoms with Crippen LogP contribution in [0.1, 0.15) is 53.9 Å². The highest BCUT2D eigenvalue weighted by Gasteiger charge is 2.33. The molecule has 1 aliphatic carbocycles. The predicted molar refractivity (Wildman–Crippen MR) is 79.0 cm³/mol. The molecular formula is C16H31NO2. The molecule has 0 bridgehead atoms. The first-order chi connectivity index (χ1) is 8.81. The van der Waals surface area contributed by atoms with Crippen LogP contribution in [0.5, 0.6) is 0 Å². The Morgan fingerprint density at radius 3 is 2.42 bits per heavy atom. The van der Waals surface area contributed by atoms with Gasteiger partial charge in [0.15, 0.2) is 0 Å². The first-order valence-corrected chi connectivity index (χ1v) is 7.71. The Morgan fingerprint density at radius 2 is 1.89 bits per heavy atom. The van der Waals surface area contributed by atoms with Crippen molar-refractivity contribution in [1.29, 1.82) is 0 Å². The maximum atomic E-state index is 12.0. The monoisotopic (exact) mass is 269 g/mol. The smallest absolute Gasteiger partial charge is 0.320 e. The lowest BCUT2D eigenvalue weighted by atomic mass is 9.75. The summed E-state index contributed by atoms with van der Waals surface area (Å²) in [4.78, 5) is 14.1. The molecule has 0 heterocycles. The molecule has 0 aromatic heterocycles. The summed E-state index contributed by atoms with van der Waals surface area (Å²) >= 11 is 0. The molecule has 0 saturated heterocycles. The molecule has 0 aromatic rings. The Hall–Kier alpha value is -0.570. The van der Waals surface area contributed by atoms with Crippen molar-refractivity contribution >= 4 is 5.97 Å². The van der Waals surface area contributed by atoms with Crippen molar-refractivity contribution in [2.24, 2.45) is 17.8 Å². The zero-order chi connectivity index (χ0) is 14.6. The van der Waals surface area contributed by atoms with E-state index in [2.05, 4.69) is 34.6 Å². The molecular weight excluding hydrogens is 238 g/mol. The van der Waals surface area contributed by atoms with Crippen LogP contribution in [0.15, 0.2) is 0 Å². The Kier molecular flexibility index (Phi) is 6.31. The zero-order valence-electron chi connectivity index (χ0n) is 13.5. The number of nitrogens with zero attached hydrogens (tertiary/aromatic N) is 1. The Balaban J connectivity index is 2.54. The van der Waals surface area contributed by atoms with E-state index in [0.717, 1.165) is 6.42 Å². The Labute approximate surface area is 118 Å². The van der Waals surface area contributed by atoms with Crippen LogP contribution in [0.3, 0.4) is 0 Å². The van der Waals surface area contributed by atoms with Crippen molar-refractivity contribution in [3.63, 3.8) is 0 Å². The molecule has 0 aliphatic heterocycles. The lowest BCUT2D eigenvalue weighted by Gasteiger charge is -2.37. The van der Waals surface area contributed by atoms with Crippen molar-refractivity contribution in [1.82, 2.24) is 4.90 Å². The van der Waals surface area contributed by atoms with Gasteiger partial charge in [-0.3, -0.25) is 9.69 Å². The quantitative estimate of drug-likeness (QED) is 0.717. The molecule has 3 heteroatoms. The van der Waals surface area contributed by atoms with Crippen LogP contribution in [0.2, 0.25) is 0 Å². The van der Waals surface area contributed by atoms with E-state index < -0.39 is 0 Å². The molecule has 0 unspecified atom stereocenters. The minimum absolute atomic E-state index is 0.0686. The summed E-state index contributed by atoms with van der Waals surface area (Å²) in [7, 11) is 1.97. The highest BCUT2D eigenvalue weighted by atomic mass is 16.5. The molecule has 1 saturated carbocycles. The van der Waals surface area contributed by atoms with Gasteiger partial charge >= 0.3 is 5.97 Å². The number of likely N-dealkylation sites (N-methyl/N-ethyl adjacent to an activating group) is 1. The standard InChI is InChI=1S/C16H31NO2/c1-11(2)14-8-7-13(5)9-15(14)19-16(18)10-17(6)12(3)4/h11-15H,7-10H2,1-6H3/t13-,14+,15-/m1/s1. The molecule has 1 aliphatic rings. The third-order valence-electron chi connectivity index (χ3n) is 4.50. The molecule has 3 atom stereocenters. The minimum atomic E-state index is -0.0686. The van der Waals surface area contributed by atoms with Crippen molar-refractivity contribution in [2.45, 2.75) is 66.0 Å². The van der Waals surface area contributed by atoms with Gasteiger partial charge in [0.1, 0.15) is 6.10 Å². The van der Waals surface area contributed by atoms with Crippen molar-refractivity contribution < 1.29 is 9.53 Å². The van der Waals surface area contributed by atoms with E-state index in [0.29, 0.717) is 30.3 Å². The second-order valence-corrected chi connectivity index (χ2v) is 6.86. The molecule has 0 amide bonds. The van der Waals surface area contributed by atoms with Gasteiger partial charge in [0, 0.05) is 6.04 Å². The van der Waals surface area contributed by atoms with E-state index in [9.17, 15) is 4.79 Å². The molecule has 19 heavy (non-hydrogen) atoms. The highest BCUT2D eigenvalue weighted by molar-refractivity contribution is 5.71. The van der Waals surface area contributed by atoms with Gasteiger partial charge in [-0.1, -0.05) is 27.2 Å². The summed E-state index contributed by atoms with van der Waals surface area (Å²) in [5.74, 6) is 1.73. The number of hydrogen-bond donors (Lipinski definition) is 0. The fourth-order valence-corrected chi connectivity index (χ4v) is 2.84. The lowest BCUT2D eigenvalue weighted by Crippen LogP contribution is -2.39. The molecule has 0 aromatic carbocycles. The zero-order valence-corrected chi connectivity index (χ0v) is 13.5. The van der Waals surface area contributed by atoms with Crippen LogP contribution >= 0.6 is 0 Å². The van der Waals surface area contributed by atoms with E-state index >= 15 is 0 Å². The topological polar surface area (TPSA) is 29.5 Å². The second-order valence-electron chi connectivity index (χ2n) is 6.86. The first kappa shape index (κ1) is 16.5. The van der Waals surface area contributed by atoms with Crippen LogP contribution in [0.25, 0.3) is 0 Å². The summed E-state index contributed by atoms with van der Waals surface area (Å²) in [6, 6.07) is 0.374. The second kappa shape index (κ2) is 7.28.